The molecule has 0 aromatic carbocycles. The molecule has 23 heavy (non-hydrogen) atoms. The minimum absolute atomic E-state index is 0.118. The van der Waals surface area contributed by atoms with Gasteiger partial charge in [0, 0.05) is 35.3 Å². The molecule has 4 nitrogen and oxygen atoms in total. The van der Waals surface area contributed by atoms with E-state index >= 15 is 0 Å². The predicted octanol–water partition coefficient (Wildman–Crippen LogP) is 3.69. The molecule has 4 heteroatoms. The maximum Gasteiger partial charge on any atom is 0.339 e. The summed E-state index contributed by atoms with van der Waals surface area (Å²) in [6, 6.07) is 0. The van der Waals surface area contributed by atoms with Gasteiger partial charge in [0.25, 0.3) is 0 Å². The molecule has 0 spiro atoms. The van der Waals surface area contributed by atoms with Crippen LogP contribution in [0.1, 0.15) is 47.5 Å². The van der Waals surface area contributed by atoms with Gasteiger partial charge < -0.3 is 9.47 Å². The molecule has 0 bridgehead atoms. The van der Waals surface area contributed by atoms with Gasteiger partial charge in [-0.15, -0.1) is 0 Å². The van der Waals surface area contributed by atoms with Crippen molar-refractivity contribution in [1.29, 1.82) is 0 Å². The molecule has 2 aliphatic carbocycles. The molecule has 4 unspecified atom stereocenters. The number of fused-ring (bicyclic) bond motifs is 2. The van der Waals surface area contributed by atoms with E-state index in [2.05, 4.69) is 26.8 Å². The molecule has 0 saturated carbocycles. The van der Waals surface area contributed by atoms with E-state index in [0.717, 1.165) is 5.57 Å². The smallest absolute Gasteiger partial charge is 0.339 e. The highest BCUT2D eigenvalue weighted by Crippen LogP contribution is 2.57. The molecule has 0 radical (unpaired) electrons. The van der Waals surface area contributed by atoms with Crippen LogP contribution in [0.5, 0.6) is 0 Å². The Hall–Kier alpha value is -1.84. The number of ether oxygens (including phenoxy) is 2. The summed E-state index contributed by atoms with van der Waals surface area (Å²) in [5.74, 6) is 0.597. The topological polar surface area (TPSA) is 52.6 Å². The van der Waals surface area contributed by atoms with E-state index in [9.17, 15) is 9.59 Å². The van der Waals surface area contributed by atoms with Crippen molar-refractivity contribution < 1.29 is 19.1 Å². The van der Waals surface area contributed by atoms with Crippen molar-refractivity contribution in [3.63, 3.8) is 0 Å². The van der Waals surface area contributed by atoms with Crippen LogP contribution < -0.4 is 0 Å². The summed E-state index contributed by atoms with van der Waals surface area (Å²) in [6.07, 6.45) is 5.11. The van der Waals surface area contributed by atoms with Crippen LogP contribution in [-0.2, 0) is 19.1 Å². The summed E-state index contributed by atoms with van der Waals surface area (Å²) in [5, 5.41) is 0. The molecule has 4 atom stereocenters. The summed E-state index contributed by atoms with van der Waals surface area (Å²) >= 11 is 0. The first kappa shape index (κ1) is 16.0. The molecular formula is C19H24O4. The Morgan fingerprint density at radius 1 is 1.43 bits per heavy atom. The van der Waals surface area contributed by atoms with E-state index in [0.29, 0.717) is 24.2 Å². The highest BCUT2D eigenvalue weighted by Gasteiger charge is 2.52. The predicted molar refractivity (Wildman–Crippen MR) is 86.2 cm³/mol. The van der Waals surface area contributed by atoms with Crippen LogP contribution in [0, 0.1) is 17.3 Å². The van der Waals surface area contributed by atoms with Gasteiger partial charge >= 0.3 is 11.9 Å². The summed E-state index contributed by atoms with van der Waals surface area (Å²) in [5.41, 5.74) is 2.71. The number of hydrogen-bond donors (Lipinski definition) is 0. The van der Waals surface area contributed by atoms with E-state index in [1.54, 1.807) is 0 Å². The van der Waals surface area contributed by atoms with Crippen LogP contribution in [-0.4, -0.2) is 18.0 Å². The lowest BCUT2D eigenvalue weighted by Crippen LogP contribution is -2.46. The summed E-state index contributed by atoms with van der Waals surface area (Å²) < 4.78 is 11.1. The Balaban J connectivity index is 2.03. The van der Waals surface area contributed by atoms with E-state index in [4.69, 9.17) is 9.47 Å². The first-order valence-electron chi connectivity index (χ1n) is 8.35. The van der Waals surface area contributed by atoms with Gasteiger partial charge in [-0.1, -0.05) is 33.8 Å². The second-order valence-electron chi connectivity index (χ2n) is 7.01. The molecule has 0 saturated heterocycles. The molecule has 124 valence electrons. The van der Waals surface area contributed by atoms with Crippen molar-refractivity contribution in [2.45, 2.75) is 53.6 Å². The van der Waals surface area contributed by atoms with Gasteiger partial charge in [0.1, 0.15) is 11.9 Å². The molecular weight excluding hydrogens is 292 g/mol. The lowest BCUT2D eigenvalue weighted by atomic mass is 9.55. The highest BCUT2D eigenvalue weighted by atomic mass is 16.5. The Kier molecular flexibility index (Phi) is 3.74. The number of allylic oxidation sites excluding steroid dienone is 3. The average molecular weight is 316 g/mol. The minimum atomic E-state index is -0.248. The van der Waals surface area contributed by atoms with Crippen LogP contribution in [0.2, 0.25) is 0 Å². The van der Waals surface area contributed by atoms with E-state index in [1.807, 2.05) is 19.9 Å². The van der Waals surface area contributed by atoms with Gasteiger partial charge in [0.05, 0.1) is 0 Å². The fourth-order valence-electron chi connectivity index (χ4n) is 4.19. The molecule has 0 amide bonds. The fraction of sp³-hybridized carbons (Fsp3) is 0.579. The van der Waals surface area contributed by atoms with Crippen LogP contribution in [0.4, 0.5) is 0 Å². The van der Waals surface area contributed by atoms with E-state index in [-0.39, 0.29) is 35.3 Å². The van der Waals surface area contributed by atoms with E-state index < -0.39 is 0 Å². The third-order valence-corrected chi connectivity index (χ3v) is 6.06. The summed E-state index contributed by atoms with van der Waals surface area (Å²) in [4.78, 5) is 23.6. The molecule has 3 rings (SSSR count). The van der Waals surface area contributed by atoms with Gasteiger partial charge in [-0.05, 0) is 24.5 Å². The first-order chi connectivity index (χ1) is 10.8. The van der Waals surface area contributed by atoms with Crippen molar-refractivity contribution >= 4 is 11.9 Å². The third kappa shape index (κ3) is 2.19. The van der Waals surface area contributed by atoms with Crippen LogP contribution in [0.3, 0.4) is 0 Å². The van der Waals surface area contributed by atoms with Gasteiger partial charge in [0.15, 0.2) is 0 Å². The van der Waals surface area contributed by atoms with Gasteiger partial charge in [-0.3, -0.25) is 4.79 Å². The van der Waals surface area contributed by atoms with Crippen molar-refractivity contribution in [3.05, 3.63) is 34.6 Å². The molecule has 1 heterocycles. The fourth-order valence-corrected chi connectivity index (χ4v) is 4.19. The standard InChI is InChI=1S/C19H24O4/c1-6-16(20)22-14-8-7-13-9-15-17(10(2)18(21)23-15)12(4)19(13,5)11(14)3/h7,9,11-12,14H,6,8H2,1-5H3. The minimum Gasteiger partial charge on any atom is -0.462 e. The maximum absolute atomic E-state index is 11.9. The van der Waals surface area contributed by atoms with Gasteiger partial charge in [-0.25, -0.2) is 4.79 Å². The molecule has 0 fully saturated rings. The largest absolute Gasteiger partial charge is 0.462 e. The molecule has 0 aromatic rings. The molecule has 3 aliphatic rings. The Morgan fingerprint density at radius 3 is 2.78 bits per heavy atom. The second-order valence-corrected chi connectivity index (χ2v) is 7.01. The van der Waals surface area contributed by atoms with Gasteiger partial charge in [-0.2, -0.15) is 0 Å². The number of carbonyl (C=O) groups is 2. The molecule has 0 N–H and O–H groups in total. The normalized spacial score (nSPS) is 35.9. The zero-order valence-electron chi connectivity index (χ0n) is 14.4. The SMILES string of the molecule is CCC(=O)OC1CC=C2C=C3OC(=O)C(C)=C3C(C)C2(C)C1C. The van der Waals surface area contributed by atoms with E-state index in [1.165, 1.54) is 5.57 Å². The van der Waals surface area contributed by atoms with Crippen LogP contribution in [0.15, 0.2) is 34.6 Å². The Morgan fingerprint density at radius 2 is 2.13 bits per heavy atom. The first-order valence-corrected chi connectivity index (χ1v) is 8.35. The molecule has 0 aromatic heterocycles. The maximum atomic E-state index is 11.9. The number of esters is 2. The highest BCUT2D eigenvalue weighted by molar-refractivity contribution is 5.94. The Bertz CT molecular complexity index is 667. The second kappa shape index (κ2) is 5.36. The zero-order valence-corrected chi connectivity index (χ0v) is 14.4. The monoisotopic (exact) mass is 316 g/mol. The van der Waals surface area contributed by atoms with Crippen molar-refractivity contribution in [2.75, 3.05) is 0 Å². The summed E-state index contributed by atoms with van der Waals surface area (Å²) in [6.45, 7) is 10.1. The third-order valence-electron chi connectivity index (χ3n) is 6.06. The Labute approximate surface area is 137 Å². The van der Waals surface area contributed by atoms with Gasteiger partial charge in [0.2, 0.25) is 0 Å². The number of rotatable bonds is 2. The van der Waals surface area contributed by atoms with Crippen LogP contribution >= 0.6 is 0 Å². The van der Waals surface area contributed by atoms with Crippen molar-refractivity contribution in [1.82, 2.24) is 0 Å². The quantitative estimate of drug-likeness (QED) is 0.729. The zero-order chi connectivity index (χ0) is 16.9. The molecule has 1 aliphatic heterocycles. The average Bonchev–Trinajstić information content (AvgIpc) is 2.80. The number of carbonyl (C=O) groups excluding carboxylic acids is 2. The lowest BCUT2D eigenvalue weighted by molar-refractivity contribution is -0.154. The summed E-state index contributed by atoms with van der Waals surface area (Å²) in [7, 11) is 0. The van der Waals surface area contributed by atoms with Crippen LogP contribution in [0.25, 0.3) is 0 Å². The van der Waals surface area contributed by atoms with Crippen molar-refractivity contribution in [3.8, 4) is 0 Å². The lowest BCUT2D eigenvalue weighted by Gasteiger charge is -2.50. The number of hydrogen-bond acceptors (Lipinski definition) is 4. The van der Waals surface area contributed by atoms with Crippen molar-refractivity contribution in [2.24, 2.45) is 17.3 Å².